The van der Waals surface area contributed by atoms with E-state index in [0.29, 0.717) is 16.9 Å². The first-order chi connectivity index (χ1) is 13.9. The molecule has 3 aromatic heterocycles. The summed E-state index contributed by atoms with van der Waals surface area (Å²) < 4.78 is 1.74. The second-order valence-electron chi connectivity index (χ2n) is 6.97. The molecule has 0 radical (unpaired) electrons. The average Bonchev–Trinajstić information content (AvgIpc) is 3.14. The summed E-state index contributed by atoms with van der Waals surface area (Å²) >= 11 is 0. The van der Waals surface area contributed by atoms with E-state index in [1.807, 2.05) is 38.2 Å². The average molecular weight is 384 g/mol. The lowest BCUT2D eigenvalue weighted by atomic mass is 10.1. The monoisotopic (exact) mass is 384 g/mol. The quantitative estimate of drug-likeness (QED) is 0.549. The number of carbonyl (C=O) groups is 1. The van der Waals surface area contributed by atoms with Gasteiger partial charge in [-0.15, -0.1) is 6.42 Å². The summed E-state index contributed by atoms with van der Waals surface area (Å²) in [6, 6.07) is 8.86. The van der Waals surface area contributed by atoms with Gasteiger partial charge in [-0.2, -0.15) is 5.10 Å². The van der Waals surface area contributed by atoms with Gasteiger partial charge in [0.1, 0.15) is 5.82 Å². The smallest absolute Gasteiger partial charge is 0.254 e. The summed E-state index contributed by atoms with van der Waals surface area (Å²) in [5.74, 6) is 2.85. The summed E-state index contributed by atoms with van der Waals surface area (Å²) in [5, 5.41) is 5.88. The van der Waals surface area contributed by atoms with Gasteiger partial charge in [-0.25, -0.2) is 4.98 Å². The van der Waals surface area contributed by atoms with Crippen molar-refractivity contribution in [3.63, 3.8) is 0 Å². The van der Waals surface area contributed by atoms with Crippen LogP contribution in [0.1, 0.15) is 34.6 Å². The Balaban J connectivity index is 1.72. The Labute approximate surface area is 168 Å². The van der Waals surface area contributed by atoms with E-state index >= 15 is 0 Å². The normalized spacial score (nSPS) is 12.1. The number of aryl methyl sites for hydroxylation is 1. The van der Waals surface area contributed by atoms with E-state index in [-0.39, 0.29) is 11.9 Å². The highest BCUT2D eigenvalue weighted by Gasteiger charge is 2.21. The number of aromatic nitrogens is 4. The van der Waals surface area contributed by atoms with Gasteiger partial charge in [-0.05, 0) is 37.3 Å². The maximum atomic E-state index is 13.2. The van der Waals surface area contributed by atoms with Crippen molar-refractivity contribution < 1.29 is 4.79 Å². The first-order valence-electron chi connectivity index (χ1n) is 9.11. The summed E-state index contributed by atoms with van der Waals surface area (Å²) in [6.45, 7) is 1.93. The first-order valence-corrected chi connectivity index (χ1v) is 9.11. The van der Waals surface area contributed by atoms with Crippen LogP contribution in [0.2, 0.25) is 0 Å². The van der Waals surface area contributed by atoms with Gasteiger partial charge < -0.3 is 10.6 Å². The number of rotatable bonds is 3. The van der Waals surface area contributed by atoms with E-state index in [1.54, 1.807) is 35.1 Å². The van der Waals surface area contributed by atoms with Gasteiger partial charge >= 0.3 is 0 Å². The van der Waals surface area contributed by atoms with Gasteiger partial charge in [0.05, 0.1) is 34.4 Å². The van der Waals surface area contributed by atoms with Crippen LogP contribution in [0, 0.1) is 12.3 Å². The van der Waals surface area contributed by atoms with E-state index < -0.39 is 0 Å². The molecule has 1 aromatic carbocycles. The summed E-state index contributed by atoms with van der Waals surface area (Å²) in [4.78, 5) is 23.6. The SMILES string of the molecule is C#Cc1ccc(C(C)N(C)C(=O)c2ccc3nc(N)c4cnn(C)c4c3c2)nc1. The molecule has 7 heteroatoms. The number of anilines is 1. The highest BCUT2D eigenvalue weighted by atomic mass is 16.2. The molecule has 4 aromatic rings. The van der Waals surface area contributed by atoms with E-state index in [4.69, 9.17) is 12.2 Å². The molecule has 2 N–H and O–H groups in total. The minimum absolute atomic E-state index is 0.116. The van der Waals surface area contributed by atoms with Gasteiger partial charge in [0.2, 0.25) is 0 Å². The molecule has 1 atom stereocenters. The van der Waals surface area contributed by atoms with Crippen molar-refractivity contribution in [3.8, 4) is 12.3 Å². The lowest BCUT2D eigenvalue weighted by Crippen LogP contribution is -2.30. The van der Waals surface area contributed by atoms with E-state index in [1.165, 1.54) is 0 Å². The van der Waals surface area contributed by atoms with Gasteiger partial charge in [0, 0.05) is 36.8 Å². The van der Waals surface area contributed by atoms with Crippen LogP contribution in [-0.2, 0) is 7.05 Å². The molecular weight excluding hydrogens is 364 g/mol. The molecular formula is C22H20N6O. The molecule has 7 nitrogen and oxygen atoms in total. The number of fused-ring (bicyclic) bond motifs is 3. The Morgan fingerprint density at radius 3 is 2.72 bits per heavy atom. The molecule has 0 aliphatic rings. The Morgan fingerprint density at radius 2 is 2.03 bits per heavy atom. The van der Waals surface area contributed by atoms with Gasteiger partial charge in [-0.3, -0.25) is 14.5 Å². The van der Waals surface area contributed by atoms with Crippen LogP contribution in [0.15, 0.2) is 42.7 Å². The summed E-state index contributed by atoms with van der Waals surface area (Å²) in [6.07, 6.45) is 8.70. The molecule has 29 heavy (non-hydrogen) atoms. The van der Waals surface area contributed by atoms with E-state index in [9.17, 15) is 4.79 Å². The second-order valence-corrected chi connectivity index (χ2v) is 6.97. The van der Waals surface area contributed by atoms with Crippen molar-refractivity contribution in [1.29, 1.82) is 0 Å². The zero-order chi connectivity index (χ0) is 20.7. The molecule has 144 valence electrons. The van der Waals surface area contributed by atoms with Crippen molar-refractivity contribution in [3.05, 3.63) is 59.5 Å². The van der Waals surface area contributed by atoms with Crippen molar-refractivity contribution in [1.82, 2.24) is 24.6 Å². The van der Waals surface area contributed by atoms with Crippen LogP contribution in [0.4, 0.5) is 5.82 Å². The molecule has 0 spiro atoms. The van der Waals surface area contributed by atoms with Crippen LogP contribution in [0.25, 0.3) is 21.8 Å². The van der Waals surface area contributed by atoms with Crippen molar-refractivity contribution in [2.75, 3.05) is 12.8 Å². The topological polar surface area (TPSA) is 89.9 Å². The van der Waals surface area contributed by atoms with Crippen LogP contribution in [0.5, 0.6) is 0 Å². The summed E-state index contributed by atoms with van der Waals surface area (Å²) in [7, 11) is 3.60. The van der Waals surface area contributed by atoms with Crippen molar-refractivity contribution in [2.24, 2.45) is 7.05 Å². The number of hydrogen-bond donors (Lipinski definition) is 1. The number of benzene rings is 1. The summed E-state index contributed by atoms with van der Waals surface area (Å²) in [5.41, 5.74) is 9.65. The fourth-order valence-electron chi connectivity index (χ4n) is 3.41. The van der Waals surface area contributed by atoms with E-state index in [0.717, 1.165) is 27.5 Å². The molecule has 3 heterocycles. The minimum atomic E-state index is -0.216. The number of hydrogen-bond acceptors (Lipinski definition) is 5. The molecule has 0 saturated carbocycles. The molecule has 1 unspecified atom stereocenters. The van der Waals surface area contributed by atoms with Crippen LogP contribution in [-0.4, -0.2) is 37.6 Å². The van der Waals surface area contributed by atoms with Crippen LogP contribution >= 0.6 is 0 Å². The highest BCUT2D eigenvalue weighted by Crippen LogP contribution is 2.29. The number of nitrogen functional groups attached to an aromatic ring is 1. The maximum Gasteiger partial charge on any atom is 0.254 e. The maximum absolute atomic E-state index is 13.2. The third kappa shape index (κ3) is 3.05. The first kappa shape index (κ1) is 18.4. The number of nitrogens with zero attached hydrogens (tertiary/aromatic N) is 5. The van der Waals surface area contributed by atoms with Gasteiger partial charge in [0.25, 0.3) is 5.91 Å². The minimum Gasteiger partial charge on any atom is -0.383 e. The molecule has 0 aliphatic heterocycles. The second kappa shape index (κ2) is 6.91. The zero-order valence-electron chi connectivity index (χ0n) is 16.4. The molecule has 0 saturated heterocycles. The number of nitrogens with two attached hydrogens (primary N) is 1. The largest absolute Gasteiger partial charge is 0.383 e. The molecule has 0 aliphatic carbocycles. The van der Waals surface area contributed by atoms with Crippen molar-refractivity contribution in [2.45, 2.75) is 13.0 Å². The van der Waals surface area contributed by atoms with Crippen LogP contribution in [0.3, 0.4) is 0 Å². The van der Waals surface area contributed by atoms with Gasteiger partial charge in [-0.1, -0.05) is 5.92 Å². The van der Waals surface area contributed by atoms with Gasteiger partial charge in [0.15, 0.2) is 0 Å². The number of pyridine rings is 2. The zero-order valence-corrected chi connectivity index (χ0v) is 16.4. The lowest BCUT2D eigenvalue weighted by Gasteiger charge is -2.25. The fraction of sp³-hybridized carbons (Fsp3) is 0.182. The van der Waals surface area contributed by atoms with E-state index in [2.05, 4.69) is 21.0 Å². The Hall–Kier alpha value is -3.92. The Bertz CT molecular complexity index is 1280. The molecule has 0 bridgehead atoms. The highest BCUT2D eigenvalue weighted by molar-refractivity contribution is 6.10. The molecule has 1 amide bonds. The van der Waals surface area contributed by atoms with Crippen LogP contribution < -0.4 is 5.73 Å². The third-order valence-electron chi connectivity index (χ3n) is 5.24. The number of amides is 1. The lowest BCUT2D eigenvalue weighted by molar-refractivity contribution is 0.0740. The number of carbonyl (C=O) groups excluding carboxylic acids is 1. The third-order valence-corrected chi connectivity index (χ3v) is 5.24. The predicted molar refractivity (Wildman–Crippen MR) is 113 cm³/mol. The molecule has 0 fully saturated rings. The number of terminal acetylenes is 1. The standard InChI is InChI=1S/C22H20N6O/c1-5-14-6-8-18(24-11-14)13(2)27(3)22(29)15-7-9-19-16(10-15)20-17(21(23)26-19)12-25-28(20)4/h1,6-13H,2-4H3,(H2,23,26). The Kier molecular flexibility index (Phi) is 4.40. The fourth-order valence-corrected chi connectivity index (χ4v) is 3.41. The van der Waals surface area contributed by atoms with Crippen molar-refractivity contribution >= 4 is 33.5 Å². The predicted octanol–water partition coefficient (Wildman–Crippen LogP) is 2.91. The Morgan fingerprint density at radius 1 is 1.24 bits per heavy atom. The molecule has 4 rings (SSSR count).